The largest absolute Gasteiger partial charge is 0.465 e. The number of aliphatic hydroxyl groups excluding tert-OH is 1. The first-order valence-electron chi connectivity index (χ1n) is 16.4. The molecule has 0 bridgehead atoms. The second kappa shape index (κ2) is 14.6. The molecular formula is C35H46N4O6. The molecule has 2 aromatic rings. The molecule has 1 spiro atoms. The molecule has 10 heteroatoms. The Labute approximate surface area is 265 Å². The van der Waals surface area contributed by atoms with Gasteiger partial charge in [-0.1, -0.05) is 44.7 Å². The van der Waals surface area contributed by atoms with Gasteiger partial charge >= 0.3 is 5.97 Å². The number of amides is 3. The van der Waals surface area contributed by atoms with Crippen LogP contribution < -0.4 is 10.6 Å². The average molecular weight is 619 g/mol. The molecule has 242 valence electrons. The molecule has 0 radical (unpaired) electrons. The molecule has 1 saturated carbocycles. The molecule has 45 heavy (non-hydrogen) atoms. The summed E-state index contributed by atoms with van der Waals surface area (Å²) >= 11 is 0. The molecule has 10 nitrogen and oxygen atoms in total. The second-order valence-corrected chi connectivity index (χ2v) is 12.7. The Morgan fingerprint density at radius 1 is 1.00 bits per heavy atom. The van der Waals surface area contributed by atoms with Crippen molar-refractivity contribution >= 4 is 29.4 Å². The monoisotopic (exact) mass is 618 g/mol. The minimum atomic E-state index is -0.886. The summed E-state index contributed by atoms with van der Waals surface area (Å²) in [4.78, 5) is 56.1. The van der Waals surface area contributed by atoms with E-state index in [0.717, 1.165) is 50.5 Å². The first-order chi connectivity index (χ1) is 21.8. The predicted octanol–water partition coefficient (Wildman–Crippen LogP) is 4.13. The Morgan fingerprint density at radius 2 is 1.64 bits per heavy atom. The van der Waals surface area contributed by atoms with Crippen molar-refractivity contribution in [3.63, 3.8) is 0 Å². The van der Waals surface area contributed by atoms with Gasteiger partial charge in [0.2, 0.25) is 11.8 Å². The highest BCUT2D eigenvalue weighted by Gasteiger charge is 2.55. The molecule has 2 aromatic carbocycles. The van der Waals surface area contributed by atoms with E-state index in [2.05, 4.69) is 22.5 Å². The third-order valence-electron chi connectivity index (χ3n) is 9.84. The van der Waals surface area contributed by atoms with Crippen molar-refractivity contribution in [1.29, 1.82) is 0 Å². The van der Waals surface area contributed by atoms with E-state index in [1.807, 2.05) is 12.1 Å². The van der Waals surface area contributed by atoms with Crippen LogP contribution >= 0.6 is 0 Å². The van der Waals surface area contributed by atoms with Crippen LogP contribution in [0.3, 0.4) is 0 Å². The molecule has 3 N–H and O–H groups in total. The highest BCUT2D eigenvalue weighted by atomic mass is 16.5. The Morgan fingerprint density at radius 3 is 2.27 bits per heavy atom. The molecule has 2 aliphatic heterocycles. The van der Waals surface area contributed by atoms with Crippen molar-refractivity contribution in [2.45, 2.75) is 88.9 Å². The SMILES string of the molecule is CCCCN1C(=O)[C@@H]([C@H](O)C2CCCCC2)NC(=O)C12CCN(Cc1ccc(C(=O)Nc3ccc(C(=O)OC)cc3)cc1)CC2. The summed E-state index contributed by atoms with van der Waals surface area (Å²) in [6.45, 7) is 4.58. The van der Waals surface area contributed by atoms with Crippen molar-refractivity contribution in [2.24, 2.45) is 5.92 Å². The van der Waals surface area contributed by atoms with Crippen molar-refractivity contribution in [3.8, 4) is 0 Å². The zero-order chi connectivity index (χ0) is 32.0. The standard InChI is InChI=1S/C35H46N4O6/c1-3-4-20-39-32(42)29(30(40)25-8-6-5-7-9-25)37-34(44)35(39)18-21-38(22-19-35)23-24-10-12-26(13-11-24)31(41)36-28-16-14-27(15-17-28)33(43)45-2/h10-17,25,29-30,40H,3-9,18-23H2,1-2H3,(H,36,41)(H,37,44)/t29-,30-/m1/s1. The minimum Gasteiger partial charge on any atom is -0.465 e. The Bertz CT molecular complexity index is 1350. The Kier molecular flexibility index (Phi) is 10.6. The number of ether oxygens (including phenoxy) is 1. The van der Waals surface area contributed by atoms with Crippen LogP contribution in [0, 0.1) is 5.92 Å². The highest BCUT2D eigenvalue weighted by molar-refractivity contribution is 6.04. The normalized spacial score (nSPS) is 21.3. The number of nitrogens with one attached hydrogen (secondary N) is 2. The third kappa shape index (κ3) is 7.23. The molecule has 0 aromatic heterocycles. The van der Waals surface area contributed by atoms with Crippen molar-refractivity contribution < 1.29 is 29.0 Å². The van der Waals surface area contributed by atoms with Crippen molar-refractivity contribution in [3.05, 3.63) is 65.2 Å². The number of piperazine rings is 1. The van der Waals surface area contributed by atoms with Gasteiger partial charge in [0.05, 0.1) is 18.8 Å². The number of nitrogens with zero attached hydrogens (tertiary/aromatic N) is 2. The smallest absolute Gasteiger partial charge is 0.337 e. The topological polar surface area (TPSA) is 128 Å². The lowest BCUT2D eigenvalue weighted by molar-refractivity contribution is -0.166. The average Bonchev–Trinajstić information content (AvgIpc) is 3.07. The van der Waals surface area contributed by atoms with E-state index in [9.17, 15) is 24.3 Å². The highest BCUT2D eigenvalue weighted by Crippen LogP contribution is 2.36. The third-order valence-corrected chi connectivity index (χ3v) is 9.84. The van der Waals surface area contributed by atoms with Crippen LogP contribution in [0.15, 0.2) is 48.5 Å². The summed E-state index contributed by atoms with van der Waals surface area (Å²) in [5.41, 5.74) is 1.66. The number of rotatable bonds is 10. The molecule has 2 heterocycles. The number of piperidine rings is 1. The van der Waals surface area contributed by atoms with Gasteiger partial charge in [-0.3, -0.25) is 19.3 Å². The second-order valence-electron chi connectivity index (χ2n) is 12.7. The zero-order valence-corrected chi connectivity index (χ0v) is 26.4. The number of carbonyl (C=O) groups is 4. The molecule has 1 aliphatic carbocycles. The molecule has 3 amide bonds. The molecule has 2 atom stereocenters. The predicted molar refractivity (Wildman–Crippen MR) is 171 cm³/mol. The van der Waals surface area contributed by atoms with Crippen molar-refractivity contribution in [2.75, 3.05) is 32.1 Å². The van der Waals surface area contributed by atoms with E-state index in [1.165, 1.54) is 7.11 Å². The van der Waals surface area contributed by atoms with E-state index < -0.39 is 23.7 Å². The van der Waals surface area contributed by atoms with E-state index in [-0.39, 0.29) is 23.6 Å². The fourth-order valence-electron chi connectivity index (χ4n) is 7.07. The Balaban J connectivity index is 1.18. The van der Waals surface area contributed by atoms with Crippen LogP contribution in [0.25, 0.3) is 0 Å². The lowest BCUT2D eigenvalue weighted by Crippen LogP contribution is -2.75. The molecule has 5 rings (SSSR count). The fraction of sp³-hybridized carbons (Fsp3) is 0.543. The molecule has 0 unspecified atom stereocenters. The van der Waals surface area contributed by atoms with Gasteiger partial charge in [-0.15, -0.1) is 0 Å². The van der Waals surface area contributed by atoms with Gasteiger partial charge in [-0.25, -0.2) is 4.79 Å². The number of benzene rings is 2. The summed E-state index contributed by atoms with van der Waals surface area (Å²) in [6.07, 6.45) is 7.02. The van der Waals surface area contributed by atoms with Crippen LogP contribution in [-0.4, -0.2) is 83.0 Å². The molecule has 3 aliphatic rings. The van der Waals surface area contributed by atoms with Crippen LogP contribution in [0.4, 0.5) is 5.69 Å². The summed E-state index contributed by atoms with van der Waals surface area (Å²) in [5, 5.41) is 17.0. The first-order valence-corrected chi connectivity index (χ1v) is 16.4. The van der Waals surface area contributed by atoms with Gasteiger partial charge in [0, 0.05) is 37.4 Å². The fourth-order valence-corrected chi connectivity index (χ4v) is 7.07. The molecule has 3 fully saturated rings. The van der Waals surface area contributed by atoms with Crippen LogP contribution in [0.5, 0.6) is 0 Å². The summed E-state index contributed by atoms with van der Waals surface area (Å²) in [7, 11) is 1.32. The number of anilines is 1. The van der Waals surface area contributed by atoms with E-state index in [4.69, 9.17) is 4.74 Å². The summed E-state index contributed by atoms with van der Waals surface area (Å²) < 4.78 is 4.71. The quantitative estimate of drug-likeness (QED) is 0.342. The lowest BCUT2D eigenvalue weighted by atomic mass is 9.78. The number of methoxy groups -OCH3 is 1. The van der Waals surface area contributed by atoms with Gasteiger partial charge in [-0.05, 0) is 80.0 Å². The maximum Gasteiger partial charge on any atom is 0.337 e. The van der Waals surface area contributed by atoms with Crippen molar-refractivity contribution in [1.82, 2.24) is 15.1 Å². The number of aliphatic hydroxyl groups is 1. The van der Waals surface area contributed by atoms with Gasteiger partial charge in [0.25, 0.3) is 5.91 Å². The number of carbonyl (C=O) groups excluding carboxylic acids is 4. The van der Waals surface area contributed by atoms with Crippen LogP contribution in [0.1, 0.15) is 91.0 Å². The number of likely N-dealkylation sites (tertiary alicyclic amines) is 1. The van der Waals surface area contributed by atoms with Gasteiger partial charge in [-0.2, -0.15) is 0 Å². The first kappa shape index (κ1) is 32.6. The van der Waals surface area contributed by atoms with Crippen LogP contribution in [0.2, 0.25) is 0 Å². The number of unbranched alkanes of at least 4 members (excludes halogenated alkanes) is 1. The number of hydrogen-bond donors (Lipinski definition) is 3. The summed E-state index contributed by atoms with van der Waals surface area (Å²) in [6, 6.07) is 13.1. The molecule has 2 saturated heterocycles. The Hall–Kier alpha value is -3.76. The van der Waals surface area contributed by atoms with Gasteiger partial charge < -0.3 is 25.4 Å². The maximum atomic E-state index is 13.9. The van der Waals surface area contributed by atoms with Gasteiger partial charge in [0.1, 0.15) is 11.6 Å². The van der Waals surface area contributed by atoms with Crippen LogP contribution in [-0.2, 0) is 20.9 Å². The minimum absolute atomic E-state index is 0.0500. The van der Waals surface area contributed by atoms with Gasteiger partial charge in [0.15, 0.2) is 0 Å². The zero-order valence-electron chi connectivity index (χ0n) is 26.4. The lowest BCUT2D eigenvalue weighted by Gasteiger charge is -2.52. The number of hydrogen-bond acceptors (Lipinski definition) is 7. The van der Waals surface area contributed by atoms with E-state index >= 15 is 0 Å². The maximum absolute atomic E-state index is 13.9. The molecular weight excluding hydrogens is 572 g/mol. The summed E-state index contributed by atoms with van der Waals surface area (Å²) in [5.74, 6) is -0.904. The van der Waals surface area contributed by atoms with E-state index in [1.54, 1.807) is 41.3 Å². The number of esters is 1. The van der Waals surface area contributed by atoms with E-state index in [0.29, 0.717) is 55.8 Å².